The quantitative estimate of drug-likeness (QED) is 0.155. The molecule has 0 amide bonds. The Morgan fingerprint density at radius 2 is 0.773 bits per heavy atom. The summed E-state index contributed by atoms with van der Waals surface area (Å²) in [7, 11) is 0. The van der Waals surface area contributed by atoms with Gasteiger partial charge in [-0.3, -0.25) is 0 Å². The van der Waals surface area contributed by atoms with Crippen LogP contribution in [0.3, 0.4) is 0 Å². The zero-order valence-electron chi connectivity index (χ0n) is 37.1. The van der Waals surface area contributed by atoms with E-state index in [-0.39, 0.29) is 5.41 Å². The summed E-state index contributed by atoms with van der Waals surface area (Å²) in [5, 5.41) is 0. The van der Waals surface area contributed by atoms with Crippen LogP contribution in [-0.2, 0) is 16.2 Å². The molecule has 0 spiro atoms. The van der Waals surface area contributed by atoms with E-state index in [1.165, 1.54) is 89.0 Å². The van der Waals surface area contributed by atoms with Gasteiger partial charge >= 0.3 is 0 Å². The maximum Gasteiger partial charge on any atom is 0.0728 e. The Hall–Kier alpha value is -8.00. The minimum absolute atomic E-state index is 0.221. The number of anilines is 3. The van der Waals surface area contributed by atoms with Crippen molar-refractivity contribution in [2.75, 3.05) is 4.90 Å². The van der Waals surface area contributed by atoms with Gasteiger partial charge < -0.3 is 4.90 Å². The summed E-state index contributed by atoms with van der Waals surface area (Å²) in [5.41, 5.74) is 22.7. The molecule has 10 aromatic carbocycles. The second-order valence-electron chi connectivity index (χ2n) is 18.7. The van der Waals surface area contributed by atoms with Crippen LogP contribution in [0.1, 0.15) is 69.5 Å². The third kappa shape index (κ3) is 5.17. The van der Waals surface area contributed by atoms with Crippen LogP contribution in [0.2, 0.25) is 0 Å². The average molecular weight is 842 g/mol. The van der Waals surface area contributed by atoms with Crippen LogP contribution in [-0.4, -0.2) is 0 Å². The number of benzene rings is 10. The van der Waals surface area contributed by atoms with Gasteiger partial charge in [0.25, 0.3) is 0 Å². The van der Waals surface area contributed by atoms with Gasteiger partial charge in [0.05, 0.1) is 16.5 Å². The van der Waals surface area contributed by atoms with Crippen molar-refractivity contribution in [1.82, 2.24) is 0 Å². The van der Waals surface area contributed by atoms with Gasteiger partial charge in [-0.2, -0.15) is 0 Å². The second kappa shape index (κ2) is 14.5. The first kappa shape index (κ1) is 38.5. The van der Waals surface area contributed by atoms with Crippen LogP contribution in [0.25, 0.3) is 33.4 Å². The first-order valence-corrected chi connectivity index (χ1v) is 23.3. The molecule has 0 bridgehead atoms. The molecule has 0 aromatic heterocycles. The predicted octanol–water partition coefficient (Wildman–Crippen LogP) is 16.2. The molecular formula is C65H47N. The van der Waals surface area contributed by atoms with Crippen molar-refractivity contribution < 1.29 is 0 Å². The summed E-state index contributed by atoms with van der Waals surface area (Å²) in [5.74, 6) is 0. The highest BCUT2D eigenvalue weighted by molar-refractivity contribution is 5.94. The van der Waals surface area contributed by atoms with Crippen LogP contribution in [0, 0.1) is 0 Å². The van der Waals surface area contributed by atoms with E-state index in [0.29, 0.717) is 0 Å². The maximum absolute atomic E-state index is 2.52. The number of hydrogen-bond donors (Lipinski definition) is 0. The molecule has 2 atom stereocenters. The molecule has 312 valence electrons. The highest BCUT2D eigenvalue weighted by Gasteiger charge is 2.58. The van der Waals surface area contributed by atoms with Gasteiger partial charge in [-0.25, -0.2) is 0 Å². The lowest BCUT2D eigenvalue weighted by molar-refractivity contribution is 0.627. The lowest BCUT2D eigenvalue weighted by Crippen LogP contribution is -2.44. The molecule has 66 heavy (non-hydrogen) atoms. The van der Waals surface area contributed by atoms with Crippen molar-refractivity contribution >= 4 is 17.1 Å². The monoisotopic (exact) mass is 841 g/mol. The first-order chi connectivity index (χ1) is 32.5. The Morgan fingerprint density at radius 3 is 1.47 bits per heavy atom. The van der Waals surface area contributed by atoms with Crippen molar-refractivity contribution in [3.63, 3.8) is 0 Å². The average Bonchev–Trinajstić information content (AvgIpc) is 3.81. The number of para-hydroxylation sites is 2. The molecule has 1 unspecified atom stereocenters. The highest BCUT2D eigenvalue weighted by Crippen LogP contribution is 2.66. The van der Waals surface area contributed by atoms with E-state index < -0.39 is 10.8 Å². The Bertz CT molecular complexity index is 3500. The SMILES string of the molecule is CC1(C)c2cc(-c3ccccc3)ccc2-c2ccc(N(c3ccccc3)c3ccccc3C3(c4ccccc4)c4ccccc4[C@@]4(c5ccccc5)c5ccccc5-c5cccc3c54)cc21. The third-order valence-corrected chi connectivity index (χ3v) is 15.2. The molecule has 1 heteroatoms. The van der Waals surface area contributed by atoms with E-state index in [4.69, 9.17) is 0 Å². The predicted molar refractivity (Wildman–Crippen MR) is 273 cm³/mol. The van der Waals surface area contributed by atoms with Crippen LogP contribution < -0.4 is 4.90 Å². The summed E-state index contributed by atoms with van der Waals surface area (Å²) in [6.45, 7) is 4.79. The Morgan fingerprint density at radius 1 is 0.288 bits per heavy atom. The van der Waals surface area contributed by atoms with E-state index in [1.807, 2.05) is 0 Å². The minimum atomic E-state index is -0.715. The van der Waals surface area contributed by atoms with Crippen molar-refractivity contribution in [2.24, 2.45) is 0 Å². The lowest BCUT2D eigenvalue weighted by atomic mass is 9.51. The van der Waals surface area contributed by atoms with Gasteiger partial charge in [0, 0.05) is 16.8 Å². The molecule has 0 radical (unpaired) electrons. The smallest absolute Gasteiger partial charge is 0.0728 e. The van der Waals surface area contributed by atoms with E-state index in [9.17, 15) is 0 Å². The molecule has 0 N–H and O–H groups in total. The fraction of sp³-hybridized carbons (Fsp3) is 0.0769. The summed E-state index contributed by atoms with van der Waals surface area (Å²) in [6.07, 6.45) is 0. The van der Waals surface area contributed by atoms with Gasteiger partial charge in [0.2, 0.25) is 0 Å². The fourth-order valence-electron chi connectivity index (χ4n) is 12.5. The highest BCUT2D eigenvalue weighted by atomic mass is 15.1. The van der Waals surface area contributed by atoms with Gasteiger partial charge in [-0.05, 0) is 125 Å². The Labute approximate surface area is 388 Å². The van der Waals surface area contributed by atoms with Crippen LogP contribution in [0.4, 0.5) is 17.1 Å². The summed E-state index contributed by atoms with van der Waals surface area (Å²) in [4.78, 5) is 2.52. The Balaban J connectivity index is 1.09. The van der Waals surface area contributed by atoms with Crippen molar-refractivity contribution in [3.05, 3.63) is 304 Å². The van der Waals surface area contributed by atoms with Crippen molar-refractivity contribution in [1.29, 1.82) is 0 Å². The molecule has 3 aliphatic carbocycles. The van der Waals surface area contributed by atoms with Gasteiger partial charge in [-0.1, -0.05) is 226 Å². The fourth-order valence-corrected chi connectivity index (χ4v) is 12.5. The number of rotatable bonds is 7. The third-order valence-electron chi connectivity index (χ3n) is 15.2. The number of fused-ring (bicyclic) bond motifs is 8. The molecule has 0 saturated heterocycles. The first-order valence-electron chi connectivity index (χ1n) is 23.3. The van der Waals surface area contributed by atoms with Gasteiger partial charge in [0.15, 0.2) is 0 Å². The number of nitrogens with zero attached hydrogens (tertiary/aromatic N) is 1. The topological polar surface area (TPSA) is 3.24 Å². The van der Waals surface area contributed by atoms with E-state index in [1.54, 1.807) is 0 Å². The van der Waals surface area contributed by atoms with Crippen LogP contribution in [0.5, 0.6) is 0 Å². The van der Waals surface area contributed by atoms with Crippen molar-refractivity contribution in [3.8, 4) is 33.4 Å². The molecule has 0 heterocycles. The summed E-state index contributed by atoms with van der Waals surface area (Å²) in [6, 6.07) is 93.4. The molecule has 3 aliphatic rings. The molecule has 10 aromatic rings. The summed E-state index contributed by atoms with van der Waals surface area (Å²) >= 11 is 0. The van der Waals surface area contributed by atoms with E-state index >= 15 is 0 Å². The van der Waals surface area contributed by atoms with Gasteiger partial charge in [-0.15, -0.1) is 0 Å². The molecule has 13 rings (SSSR count). The second-order valence-corrected chi connectivity index (χ2v) is 18.7. The number of hydrogen-bond acceptors (Lipinski definition) is 1. The zero-order valence-corrected chi connectivity index (χ0v) is 37.1. The summed E-state index contributed by atoms with van der Waals surface area (Å²) < 4.78 is 0. The standard InChI is InChI=1S/C65H47N/c1-63(2)59-42-45(44-22-7-3-8-23-44)38-40-51(59)52-41-39-49(43-60(52)63)66(48-28-13-6-14-29-48)61-37-20-19-35-57(61)64(46-24-9-4-10-25-46)55-33-17-18-34-56(55)65(47-26-11-5-12-27-47)54-32-16-15-30-50(54)53-31-21-36-58(64)62(53)65/h3-43H,1-2H3/t64?,65-/m1/s1. The maximum atomic E-state index is 2.52. The molecule has 0 saturated carbocycles. The van der Waals surface area contributed by atoms with Crippen LogP contribution >= 0.6 is 0 Å². The normalized spacial score (nSPS) is 17.8. The van der Waals surface area contributed by atoms with Crippen LogP contribution in [0.15, 0.2) is 249 Å². The van der Waals surface area contributed by atoms with Gasteiger partial charge in [0.1, 0.15) is 0 Å². The molecule has 1 nitrogen and oxygen atoms in total. The van der Waals surface area contributed by atoms with Crippen molar-refractivity contribution in [2.45, 2.75) is 30.1 Å². The largest absolute Gasteiger partial charge is 0.310 e. The minimum Gasteiger partial charge on any atom is -0.310 e. The molecule has 0 aliphatic heterocycles. The Kier molecular flexibility index (Phi) is 8.45. The zero-order chi connectivity index (χ0) is 44.0. The van der Waals surface area contributed by atoms with E-state index in [0.717, 1.165) is 17.1 Å². The molecular weight excluding hydrogens is 795 g/mol. The van der Waals surface area contributed by atoms with E-state index in [2.05, 4.69) is 267 Å². The molecule has 0 fully saturated rings. The lowest BCUT2D eigenvalue weighted by Gasteiger charge is -2.50.